The summed E-state index contributed by atoms with van der Waals surface area (Å²) in [5.41, 5.74) is 1.73. The Bertz CT molecular complexity index is 710. The molecular weight excluding hydrogens is 344 g/mol. The maximum absolute atomic E-state index is 12.4. The standard InChI is InChI=1S/C19H26N6O2/c1-2-5-21-19-22-10-15(11-23-19)13-25-7-8-27-14-17(25)9-18(26)24-16-4-3-6-20-12-16/h3-4,6,10-12,17H,2,5,7-9,13-14H2,1H3,(H,24,26)(H,21,22,23)/t17-/m1/s1. The van der Waals surface area contributed by atoms with Crippen LogP contribution in [0, 0.1) is 0 Å². The van der Waals surface area contributed by atoms with Gasteiger partial charge in [-0.3, -0.25) is 14.7 Å². The molecule has 27 heavy (non-hydrogen) atoms. The Kier molecular flexibility index (Phi) is 7.06. The van der Waals surface area contributed by atoms with Crippen molar-refractivity contribution >= 4 is 17.5 Å². The van der Waals surface area contributed by atoms with E-state index in [0.717, 1.165) is 25.1 Å². The molecule has 8 nitrogen and oxygen atoms in total. The number of hydrogen-bond acceptors (Lipinski definition) is 7. The fourth-order valence-corrected chi connectivity index (χ4v) is 2.95. The number of hydrogen-bond donors (Lipinski definition) is 2. The highest BCUT2D eigenvalue weighted by atomic mass is 16.5. The first-order valence-corrected chi connectivity index (χ1v) is 9.31. The average molecular weight is 370 g/mol. The lowest BCUT2D eigenvalue weighted by atomic mass is 10.1. The summed E-state index contributed by atoms with van der Waals surface area (Å²) in [5, 5.41) is 6.05. The Hall–Kier alpha value is -2.58. The molecule has 2 aromatic heterocycles. The Balaban J connectivity index is 1.55. The van der Waals surface area contributed by atoms with Gasteiger partial charge in [0.25, 0.3) is 0 Å². The van der Waals surface area contributed by atoms with Crippen molar-refractivity contribution in [3.63, 3.8) is 0 Å². The van der Waals surface area contributed by atoms with Crippen molar-refractivity contribution in [3.8, 4) is 0 Å². The highest BCUT2D eigenvalue weighted by Gasteiger charge is 2.25. The quantitative estimate of drug-likeness (QED) is 0.733. The maximum Gasteiger partial charge on any atom is 0.226 e. The molecule has 0 spiro atoms. The number of morpholine rings is 1. The van der Waals surface area contributed by atoms with Crippen LogP contribution in [0.25, 0.3) is 0 Å². The van der Waals surface area contributed by atoms with E-state index in [2.05, 4.69) is 37.4 Å². The lowest BCUT2D eigenvalue weighted by molar-refractivity contribution is -0.119. The van der Waals surface area contributed by atoms with Crippen molar-refractivity contribution < 1.29 is 9.53 Å². The fraction of sp³-hybridized carbons (Fsp3) is 0.474. The molecular formula is C19H26N6O2. The Morgan fingerprint density at radius 3 is 2.93 bits per heavy atom. The first kappa shape index (κ1) is 19.2. The highest BCUT2D eigenvalue weighted by Crippen LogP contribution is 2.16. The van der Waals surface area contributed by atoms with Crippen LogP contribution < -0.4 is 10.6 Å². The van der Waals surface area contributed by atoms with E-state index in [1.54, 1.807) is 18.5 Å². The Morgan fingerprint density at radius 2 is 2.19 bits per heavy atom. The zero-order chi connectivity index (χ0) is 18.9. The van der Waals surface area contributed by atoms with Crippen molar-refractivity contribution in [1.82, 2.24) is 19.9 Å². The third kappa shape index (κ3) is 5.97. The van der Waals surface area contributed by atoms with Gasteiger partial charge in [0.15, 0.2) is 0 Å². The molecule has 1 aliphatic heterocycles. The van der Waals surface area contributed by atoms with Crippen LogP contribution in [0.5, 0.6) is 0 Å². The summed E-state index contributed by atoms with van der Waals surface area (Å²) in [6, 6.07) is 3.64. The lowest BCUT2D eigenvalue weighted by Gasteiger charge is -2.35. The van der Waals surface area contributed by atoms with Crippen LogP contribution in [0.1, 0.15) is 25.3 Å². The van der Waals surface area contributed by atoms with E-state index in [1.807, 2.05) is 18.5 Å². The van der Waals surface area contributed by atoms with Gasteiger partial charge in [-0.25, -0.2) is 9.97 Å². The summed E-state index contributed by atoms with van der Waals surface area (Å²) in [6.45, 7) is 5.64. The molecule has 1 atom stereocenters. The minimum Gasteiger partial charge on any atom is -0.378 e. The third-order valence-corrected chi connectivity index (χ3v) is 4.34. The van der Waals surface area contributed by atoms with E-state index in [4.69, 9.17) is 4.74 Å². The number of pyridine rings is 1. The molecule has 1 fully saturated rings. The smallest absolute Gasteiger partial charge is 0.226 e. The van der Waals surface area contributed by atoms with Crippen LogP contribution in [-0.4, -0.2) is 58.1 Å². The number of amides is 1. The number of carbonyl (C=O) groups is 1. The number of anilines is 2. The van der Waals surface area contributed by atoms with E-state index < -0.39 is 0 Å². The summed E-state index contributed by atoms with van der Waals surface area (Å²) < 4.78 is 5.59. The molecule has 0 saturated carbocycles. The van der Waals surface area contributed by atoms with Crippen molar-refractivity contribution in [2.75, 3.05) is 36.9 Å². The lowest BCUT2D eigenvalue weighted by Crippen LogP contribution is -2.46. The largest absolute Gasteiger partial charge is 0.378 e. The van der Waals surface area contributed by atoms with Crippen molar-refractivity contribution in [2.45, 2.75) is 32.4 Å². The minimum absolute atomic E-state index is 0.0216. The molecule has 0 aliphatic carbocycles. The van der Waals surface area contributed by atoms with Gasteiger partial charge in [0, 0.05) is 56.3 Å². The molecule has 8 heteroatoms. The van der Waals surface area contributed by atoms with Crippen LogP contribution in [-0.2, 0) is 16.1 Å². The molecule has 0 aromatic carbocycles. The molecule has 2 aromatic rings. The first-order chi connectivity index (χ1) is 13.2. The fourth-order valence-electron chi connectivity index (χ4n) is 2.95. The zero-order valence-corrected chi connectivity index (χ0v) is 15.6. The molecule has 0 unspecified atom stereocenters. The number of aromatic nitrogens is 3. The zero-order valence-electron chi connectivity index (χ0n) is 15.6. The van der Waals surface area contributed by atoms with Gasteiger partial charge in [-0.1, -0.05) is 6.92 Å². The van der Waals surface area contributed by atoms with Gasteiger partial charge >= 0.3 is 0 Å². The second kappa shape index (κ2) is 9.94. The van der Waals surface area contributed by atoms with E-state index in [-0.39, 0.29) is 11.9 Å². The molecule has 3 heterocycles. The predicted octanol–water partition coefficient (Wildman–Crippen LogP) is 1.92. The van der Waals surface area contributed by atoms with E-state index in [9.17, 15) is 4.79 Å². The van der Waals surface area contributed by atoms with E-state index in [1.165, 1.54) is 0 Å². The van der Waals surface area contributed by atoms with Gasteiger partial charge in [0.2, 0.25) is 11.9 Å². The van der Waals surface area contributed by atoms with Crippen LogP contribution >= 0.6 is 0 Å². The molecule has 0 radical (unpaired) electrons. The van der Waals surface area contributed by atoms with Crippen molar-refractivity contribution in [1.29, 1.82) is 0 Å². The van der Waals surface area contributed by atoms with Crippen molar-refractivity contribution in [2.24, 2.45) is 0 Å². The number of nitrogens with one attached hydrogen (secondary N) is 2. The Labute approximate surface area is 159 Å². The van der Waals surface area contributed by atoms with E-state index >= 15 is 0 Å². The predicted molar refractivity (Wildman–Crippen MR) is 103 cm³/mol. The molecule has 0 bridgehead atoms. The molecule has 144 valence electrons. The van der Waals surface area contributed by atoms with E-state index in [0.29, 0.717) is 37.8 Å². The topological polar surface area (TPSA) is 92.3 Å². The number of ether oxygens (including phenoxy) is 1. The summed E-state index contributed by atoms with van der Waals surface area (Å²) in [7, 11) is 0. The molecule has 1 saturated heterocycles. The summed E-state index contributed by atoms with van der Waals surface area (Å²) in [5.74, 6) is 0.605. The molecule has 3 rings (SSSR count). The maximum atomic E-state index is 12.4. The molecule has 1 aliphatic rings. The monoisotopic (exact) mass is 370 g/mol. The number of rotatable bonds is 8. The highest BCUT2D eigenvalue weighted by molar-refractivity contribution is 5.90. The number of carbonyl (C=O) groups excluding carboxylic acids is 1. The van der Waals surface area contributed by atoms with Gasteiger partial charge in [-0.05, 0) is 18.6 Å². The molecule has 2 N–H and O–H groups in total. The van der Waals surface area contributed by atoms with Crippen LogP contribution in [0.4, 0.5) is 11.6 Å². The van der Waals surface area contributed by atoms with Gasteiger partial charge in [0.05, 0.1) is 25.1 Å². The number of nitrogens with zero attached hydrogens (tertiary/aromatic N) is 4. The van der Waals surface area contributed by atoms with Crippen LogP contribution in [0.2, 0.25) is 0 Å². The third-order valence-electron chi connectivity index (χ3n) is 4.34. The SMILES string of the molecule is CCCNc1ncc(CN2CCOC[C@H]2CC(=O)Nc2cccnc2)cn1. The van der Waals surface area contributed by atoms with Crippen LogP contribution in [0.3, 0.4) is 0 Å². The first-order valence-electron chi connectivity index (χ1n) is 9.31. The Morgan fingerprint density at radius 1 is 1.33 bits per heavy atom. The van der Waals surface area contributed by atoms with Crippen LogP contribution in [0.15, 0.2) is 36.9 Å². The summed E-state index contributed by atoms with van der Waals surface area (Å²) in [6.07, 6.45) is 8.39. The average Bonchev–Trinajstić information content (AvgIpc) is 2.70. The second-order valence-electron chi connectivity index (χ2n) is 6.53. The summed E-state index contributed by atoms with van der Waals surface area (Å²) >= 11 is 0. The van der Waals surface area contributed by atoms with Gasteiger partial charge in [-0.15, -0.1) is 0 Å². The normalized spacial score (nSPS) is 17.4. The van der Waals surface area contributed by atoms with Gasteiger partial charge in [-0.2, -0.15) is 0 Å². The summed E-state index contributed by atoms with van der Waals surface area (Å²) in [4.78, 5) is 27.4. The minimum atomic E-state index is -0.0427. The molecule has 1 amide bonds. The van der Waals surface area contributed by atoms with Gasteiger partial charge < -0.3 is 15.4 Å². The second-order valence-corrected chi connectivity index (χ2v) is 6.53. The van der Waals surface area contributed by atoms with Crippen molar-refractivity contribution in [3.05, 3.63) is 42.5 Å². The van der Waals surface area contributed by atoms with Gasteiger partial charge in [0.1, 0.15) is 0 Å².